The highest BCUT2D eigenvalue weighted by Gasteiger charge is 2.38. The first-order chi connectivity index (χ1) is 9.43. The normalized spacial score (nSPS) is 18.5. The Labute approximate surface area is 132 Å². The van der Waals surface area contributed by atoms with Crippen LogP contribution in [-0.4, -0.2) is 46.5 Å². The second-order valence-electron chi connectivity index (χ2n) is 5.10. The van der Waals surface area contributed by atoms with Crippen molar-refractivity contribution in [2.75, 3.05) is 20.1 Å². The molecule has 1 fully saturated rings. The molecule has 0 aromatic carbocycles. The summed E-state index contributed by atoms with van der Waals surface area (Å²) in [6.45, 7) is 1.71. The van der Waals surface area contributed by atoms with Gasteiger partial charge in [-0.25, -0.2) is 0 Å². The number of likely N-dealkylation sites (tertiary alicyclic amines) is 1. The van der Waals surface area contributed by atoms with Crippen LogP contribution in [0.1, 0.15) is 23.2 Å². The predicted molar refractivity (Wildman–Crippen MR) is 85.7 cm³/mol. The van der Waals surface area contributed by atoms with Gasteiger partial charge in [-0.1, -0.05) is 12.2 Å². The number of halogens is 1. The van der Waals surface area contributed by atoms with Crippen molar-refractivity contribution in [3.05, 3.63) is 28.5 Å². The first-order valence-corrected chi connectivity index (χ1v) is 7.55. The standard InChI is InChI=1S/C13H17BrN4OS/c1-18-4-2-13(3-5-18,12(15)20)17-11(19)9-6-10(14)8-16-7-9/h6-8H,2-5H2,1H3,(H2,15,20)(H,17,19). The Morgan fingerprint density at radius 2 is 2.15 bits per heavy atom. The average Bonchev–Trinajstić information content (AvgIpc) is 2.41. The van der Waals surface area contributed by atoms with Crippen LogP contribution in [0.25, 0.3) is 0 Å². The highest BCUT2D eigenvalue weighted by Crippen LogP contribution is 2.23. The van der Waals surface area contributed by atoms with Crippen LogP contribution in [0.2, 0.25) is 0 Å². The zero-order valence-electron chi connectivity index (χ0n) is 11.2. The van der Waals surface area contributed by atoms with Gasteiger partial charge < -0.3 is 16.0 Å². The number of piperidine rings is 1. The van der Waals surface area contributed by atoms with Crippen LogP contribution in [0.15, 0.2) is 22.9 Å². The van der Waals surface area contributed by atoms with Gasteiger partial charge in [-0.3, -0.25) is 9.78 Å². The van der Waals surface area contributed by atoms with Crippen molar-refractivity contribution in [3.8, 4) is 0 Å². The summed E-state index contributed by atoms with van der Waals surface area (Å²) in [5, 5.41) is 3.00. The van der Waals surface area contributed by atoms with Gasteiger partial charge in [-0.15, -0.1) is 0 Å². The molecule has 2 heterocycles. The van der Waals surface area contributed by atoms with Crippen molar-refractivity contribution in [2.24, 2.45) is 5.73 Å². The lowest BCUT2D eigenvalue weighted by Gasteiger charge is -2.40. The molecule has 1 saturated heterocycles. The summed E-state index contributed by atoms with van der Waals surface area (Å²) in [6, 6.07) is 1.73. The van der Waals surface area contributed by atoms with Gasteiger partial charge in [0.15, 0.2) is 0 Å². The number of nitrogens with one attached hydrogen (secondary N) is 1. The van der Waals surface area contributed by atoms with Crippen LogP contribution in [0.4, 0.5) is 0 Å². The number of carbonyl (C=O) groups is 1. The second-order valence-corrected chi connectivity index (χ2v) is 6.45. The van der Waals surface area contributed by atoms with Crippen molar-refractivity contribution in [2.45, 2.75) is 18.4 Å². The van der Waals surface area contributed by atoms with Gasteiger partial charge in [0.05, 0.1) is 16.1 Å². The number of nitrogens with two attached hydrogens (primary N) is 1. The van der Waals surface area contributed by atoms with Gasteiger partial charge in [-0.2, -0.15) is 0 Å². The lowest BCUT2D eigenvalue weighted by Crippen LogP contribution is -2.61. The first-order valence-electron chi connectivity index (χ1n) is 6.34. The maximum absolute atomic E-state index is 12.4. The smallest absolute Gasteiger partial charge is 0.253 e. The molecule has 2 rings (SSSR count). The number of hydrogen-bond donors (Lipinski definition) is 2. The van der Waals surface area contributed by atoms with E-state index in [-0.39, 0.29) is 5.91 Å². The Bertz CT molecular complexity index is 529. The Hall–Kier alpha value is -1.05. The fourth-order valence-electron chi connectivity index (χ4n) is 2.26. The van der Waals surface area contributed by atoms with Crippen LogP contribution in [-0.2, 0) is 0 Å². The van der Waals surface area contributed by atoms with Crippen molar-refractivity contribution in [1.82, 2.24) is 15.2 Å². The van der Waals surface area contributed by atoms with Crippen molar-refractivity contribution >= 4 is 39.0 Å². The van der Waals surface area contributed by atoms with E-state index in [2.05, 4.69) is 31.1 Å². The van der Waals surface area contributed by atoms with E-state index in [1.165, 1.54) is 6.20 Å². The third-order valence-corrected chi connectivity index (χ3v) is 4.46. The summed E-state index contributed by atoms with van der Waals surface area (Å²) >= 11 is 8.49. The molecular formula is C13H17BrN4OS. The molecule has 5 nitrogen and oxygen atoms in total. The molecule has 1 aromatic rings. The molecular weight excluding hydrogens is 340 g/mol. The SMILES string of the molecule is CN1CCC(NC(=O)c2cncc(Br)c2)(C(N)=S)CC1. The van der Waals surface area contributed by atoms with E-state index in [0.29, 0.717) is 10.6 Å². The number of amides is 1. The molecule has 1 amide bonds. The molecule has 1 aliphatic heterocycles. The Morgan fingerprint density at radius 1 is 1.50 bits per heavy atom. The summed E-state index contributed by atoms with van der Waals surface area (Å²) in [5.74, 6) is -0.198. The Kier molecular flexibility index (Phi) is 4.72. The average molecular weight is 357 g/mol. The fourth-order valence-corrected chi connectivity index (χ4v) is 2.88. The monoisotopic (exact) mass is 356 g/mol. The molecule has 7 heteroatoms. The number of aromatic nitrogens is 1. The van der Waals surface area contributed by atoms with Crippen LogP contribution in [0.5, 0.6) is 0 Å². The lowest BCUT2D eigenvalue weighted by atomic mass is 9.87. The van der Waals surface area contributed by atoms with Gasteiger partial charge in [0.25, 0.3) is 5.91 Å². The van der Waals surface area contributed by atoms with Crippen molar-refractivity contribution < 1.29 is 4.79 Å². The van der Waals surface area contributed by atoms with E-state index < -0.39 is 5.54 Å². The minimum absolute atomic E-state index is 0.198. The molecule has 20 heavy (non-hydrogen) atoms. The third-order valence-electron chi connectivity index (χ3n) is 3.63. The quantitative estimate of drug-likeness (QED) is 0.799. The maximum Gasteiger partial charge on any atom is 0.253 e. The van der Waals surface area contributed by atoms with Gasteiger partial charge in [0.2, 0.25) is 0 Å². The number of rotatable bonds is 3. The van der Waals surface area contributed by atoms with Crippen LogP contribution in [0.3, 0.4) is 0 Å². The summed E-state index contributed by atoms with van der Waals surface area (Å²) in [7, 11) is 2.05. The summed E-state index contributed by atoms with van der Waals surface area (Å²) in [5.41, 5.74) is 5.78. The Balaban J connectivity index is 2.17. The van der Waals surface area contributed by atoms with Gasteiger partial charge in [0, 0.05) is 30.0 Å². The molecule has 3 N–H and O–H groups in total. The zero-order valence-corrected chi connectivity index (χ0v) is 13.6. The van der Waals surface area contributed by atoms with Crippen molar-refractivity contribution in [3.63, 3.8) is 0 Å². The molecule has 0 atom stereocenters. The maximum atomic E-state index is 12.4. The van der Waals surface area contributed by atoms with E-state index in [1.54, 1.807) is 12.3 Å². The molecule has 0 unspecified atom stereocenters. The van der Waals surface area contributed by atoms with Crippen LogP contribution >= 0.6 is 28.1 Å². The van der Waals surface area contributed by atoms with E-state index in [4.69, 9.17) is 18.0 Å². The minimum Gasteiger partial charge on any atom is -0.391 e. The Morgan fingerprint density at radius 3 is 2.70 bits per heavy atom. The summed E-state index contributed by atoms with van der Waals surface area (Å²) in [4.78, 5) is 18.9. The number of nitrogens with zero attached hydrogens (tertiary/aromatic N) is 2. The topological polar surface area (TPSA) is 71.2 Å². The van der Waals surface area contributed by atoms with Gasteiger partial charge in [-0.05, 0) is 41.9 Å². The van der Waals surface area contributed by atoms with Crippen LogP contribution < -0.4 is 11.1 Å². The summed E-state index contributed by atoms with van der Waals surface area (Å²) in [6.07, 6.45) is 4.62. The first kappa shape index (κ1) is 15.3. The second kappa shape index (κ2) is 6.15. The molecule has 0 radical (unpaired) electrons. The van der Waals surface area contributed by atoms with Crippen LogP contribution in [0, 0.1) is 0 Å². The van der Waals surface area contributed by atoms with E-state index in [1.807, 2.05) is 7.05 Å². The molecule has 1 aromatic heterocycles. The lowest BCUT2D eigenvalue weighted by molar-refractivity contribution is 0.0890. The molecule has 1 aliphatic rings. The fraction of sp³-hybridized carbons (Fsp3) is 0.462. The number of hydrogen-bond acceptors (Lipinski definition) is 4. The zero-order chi connectivity index (χ0) is 14.8. The van der Waals surface area contributed by atoms with Crippen molar-refractivity contribution in [1.29, 1.82) is 0 Å². The molecule has 0 saturated carbocycles. The third kappa shape index (κ3) is 3.34. The number of thiocarbonyl (C=S) groups is 1. The molecule has 0 bridgehead atoms. The predicted octanol–water partition coefficient (Wildman–Crippen LogP) is 1.32. The van der Waals surface area contributed by atoms with E-state index in [9.17, 15) is 4.79 Å². The van der Waals surface area contributed by atoms with E-state index in [0.717, 1.165) is 30.4 Å². The van der Waals surface area contributed by atoms with E-state index >= 15 is 0 Å². The highest BCUT2D eigenvalue weighted by molar-refractivity contribution is 9.10. The highest BCUT2D eigenvalue weighted by atomic mass is 79.9. The number of pyridine rings is 1. The minimum atomic E-state index is -0.596. The summed E-state index contributed by atoms with van der Waals surface area (Å²) < 4.78 is 0.762. The largest absolute Gasteiger partial charge is 0.391 e. The number of carbonyl (C=O) groups excluding carboxylic acids is 1. The molecule has 0 spiro atoms. The van der Waals surface area contributed by atoms with Gasteiger partial charge >= 0.3 is 0 Å². The molecule has 0 aliphatic carbocycles. The van der Waals surface area contributed by atoms with Gasteiger partial charge in [0.1, 0.15) is 0 Å². The molecule has 108 valence electrons.